The minimum absolute atomic E-state index is 0.00457. The van der Waals surface area contributed by atoms with Crippen molar-refractivity contribution in [1.82, 2.24) is 9.62 Å². The third kappa shape index (κ3) is 5.50. The van der Waals surface area contributed by atoms with Gasteiger partial charge in [0.25, 0.3) is 0 Å². The van der Waals surface area contributed by atoms with Crippen LogP contribution in [0.4, 0.5) is 0 Å². The summed E-state index contributed by atoms with van der Waals surface area (Å²) >= 11 is 0. The maximum Gasteiger partial charge on any atom is 0.243 e. The normalized spacial score (nSPS) is 18.3. The molecular formula is C25H32N2O5S. The van der Waals surface area contributed by atoms with Crippen LogP contribution in [0.1, 0.15) is 50.6 Å². The summed E-state index contributed by atoms with van der Waals surface area (Å²) in [6.45, 7) is 3.79. The lowest BCUT2D eigenvalue weighted by Gasteiger charge is -2.31. The number of piperidine rings is 1. The molecule has 0 radical (unpaired) electrons. The lowest BCUT2D eigenvalue weighted by atomic mass is 9.95. The monoisotopic (exact) mass is 472 g/mol. The molecule has 0 spiro atoms. The Morgan fingerprint density at radius 2 is 1.76 bits per heavy atom. The first-order valence-corrected chi connectivity index (χ1v) is 13.2. The van der Waals surface area contributed by atoms with Gasteiger partial charge >= 0.3 is 0 Å². The Morgan fingerprint density at radius 1 is 1.06 bits per heavy atom. The summed E-state index contributed by atoms with van der Waals surface area (Å²) in [6.07, 6.45) is 3.60. The number of rotatable bonds is 7. The molecule has 2 aliphatic heterocycles. The number of hydrogen-bond acceptors (Lipinski definition) is 5. The van der Waals surface area contributed by atoms with Gasteiger partial charge in [-0.15, -0.1) is 0 Å². The lowest BCUT2D eigenvalue weighted by Crippen LogP contribution is -2.43. The maximum atomic E-state index is 13.2. The van der Waals surface area contributed by atoms with Crippen LogP contribution in [0, 0.1) is 5.92 Å². The fourth-order valence-electron chi connectivity index (χ4n) is 4.40. The van der Waals surface area contributed by atoms with E-state index in [1.54, 1.807) is 18.2 Å². The summed E-state index contributed by atoms with van der Waals surface area (Å²) in [5, 5.41) is 3.19. The topological polar surface area (TPSA) is 84.9 Å². The SMILES string of the molecule is CCC[C@H](NC(=O)C1CCN(S(=O)(=O)c2ccc3c(c2)OCCCO3)CC1)c1ccccc1. The van der Waals surface area contributed by atoms with Gasteiger partial charge in [0.15, 0.2) is 11.5 Å². The first-order valence-electron chi connectivity index (χ1n) is 11.7. The van der Waals surface area contributed by atoms with Gasteiger partial charge in [0.2, 0.25) is 15.9 Å². The molecule has 178 valence electrons. The molecule has 2 heterocycles. The molecule has 1 fully saturated rings. The molecule has 4 rings (SSSR count). The molecule has 0 saturated carbocycles. The van der Waals surface area contributed by atoms with Crippen LogP contribution in [-0.4, -0.2) is 44.9 Å². The number of fused-ring (bicyclic) bond motifs is 1. The van der Waals surface area contributed by atoms with Crippen LogP contribution in [-0.2, 0) is 14.8 Å². The second-order valence-electron chi connectivity index (χ2n) is 8.60. The Labute approximate surface area is 196 Å². The molecule has 1 saturated heterocycles. The average molecular weight is 473 g/mol. The van der Waals surface area contributed by atoms with Gasteiger partial charge in [0.1, 0.15) is 0 Å². The second-order valence-corrected chi connectivity index (χ2v) is 10.5. The first-order chi connectivity index (χ1) is 16.0. The fourth-order valence-corrected chi connectivity index (χ4v) is 5.88. The van der Waals surface area contributed by atoms with Gasteiger partial charge in [-0.05, 0) is 37.0 Å². The summed E-state index contributed by atoms with van der Waals surface area (Å²) in [7, 11) is -3.67. The number of carbonyl (C=O) groups excluding carboxylic acids is 1. The number of carbonyl (C=O) groups is 1. The minimum Gasteiger partial charge on any atom is -0.490 e. The largest absolute Gasteiger partial charge is 0.490 e. The highest BCUT2D eigenvalue weighted by molar-refractivity contribution is 7.89. The number of hydrogen-bond donors (Lipinski definition) is 1. The molecule has 2 aliphatic rings. The van der Waals surface area contributed by atoms with Gasteiger partial charge in [0.05, 0.1) is 24.2 Å². The van der Waals surface area contributed by atoms with E-state index < -0.39 is 10.0 Å². The maximum absolute atomic E-state index is 13.2. The van der Waals surface area contributed by atoms with Gasteiger partial charge < -0.3 is 14.8 Å². The molecule has 2 aromatic rings. The predicted molar refractivity (Wildman–Crippen MR) is 126 cm³/mol. The second kappa shape index (κ2) is 10.6. The van der Waals surface area contributed by atoms with Crippen molar-refractivity contribution in [2.45, 2.75) is 50.0 Å². The van der Waals surface area contributed by atoms with E-state index in [1.165, 1.54) is 4.31 Å². The lowest BCUT2D eigenvalue weighted by molar-refractivity contribution is -0.127. The summed E-state index contributed by atoms with van der Waals surface area (Å²) in [4.78, 5) is 13.2. The van der Waals surface area contributed by atoms with Gasteiger partial charge in [0, 0.05) is 31.5 Å². The van der Waals surface area contributed by atoms with Crippen molar-refractivity contribution in [2.24, 2.45) is 5.92 Å². The van der Waals surface area contributed by atoms with Crippen LogP contribution in [0.15, 0.2) is 53.4 Å². The number of sulfonamides is 1. The highest BCUT2D eigenvalue weighted by Crippen LogP contribution is 2.34. The zero-order valence-electron chi connectivity index (χ0n) is 19.0. The van der Waals surface area contributed by atoms with Crippen molar-refractivity contribution >= 4 is 15.9 Å². The van der Waals surface area contributed by atoms with Crippen molar-refractivity contribution in [1.29, 1.82) is 0 Å². The van der Waals surface area contributed by atoms with Crippen molar-refractivity contribution in [3.8, 4) is 11.5 Å². The number of amides is 1. The zero-order valence-corrected chi connectivity index (χ0v) is 19.9. The summed E-state index contributed by atoms with van der Waals surface area (Å²) in [6, 6.07) is 14.7. The summed E-state index contributed by atoms with van der Waals surface area (Å²) in [5.41, 5.74) is 1.10. The molecule has 7 nitrogen and oxygen atoms in total. The molecule has 1 N–H and O–H groups in total. The van der Waals surface area contributed by atoms with Crippen LogP contribution in [0.3, 0.4) is 0 Å². The Kier molecular flexibility index (Phi) is 7.55. The van der Waals surface area contributed by atoms with Gasteiger partial charge in [-0.3, -0.25) is 4.79 Å². The quantitative estimate of drug-likeness (QED) is 0.661. The van der Waals surface area contributed by atoms with E-state index in [1.807, 2.05) is 30.3 Å². The van der Waals surface area contributed by atoms with E-state index in [4.69, 9.17) is 9.47 Å². The third-order valence-corrected chi connectivity index (χ3v) is 8.17. The Bertz CT molecular complexity index is 1050. The molecule has 0 aliphatic carbocycles. The van der Waals surface area contributed by atoms with E-state index in [0.29, 0.717) is 50.6 Å². The van der Waals surface area contributed by atoms with Crippen LogP contribution >= 0.6 is 0 Å². The van der Waals surface area contributed by atoms with Gasteiger partial charge in [-0.25, -0.2) is 8.42 Å². The van der Waals surface area contributed by atoms with Crippen LogP contribution in [0.2, 0.25) is 0 Å². The summed E-state index contributed by atoms with van der Waals surface area (Å²) < 4.78 is 39.2. The molecule has 2 aromatic carbocycles. The van der Waals surface area contributed by atoms with Crippen LogP contribution in [0.25, 0.3) is 0 Å². The zero-order chi connectivity index (χ0) is 23.3. The standard InChI is InChI=1S/C25H32N2O5S/c1-2-7-22(19-8-4-3-5-9-19)26-25(28)20-12-14-27(15-13-20)33(29,30)21-10-11-23-24(18-21)32-17-6-16-31-23/h3-5,8-11,18,20,22H,2,6-7,12-17H2,1H3,(H,26,28)/t22-/m0/s1. The highest BCUT2D eigenvalue weighted by Gasteiger charge is 2.33. The van der Waals surface area contributed by atoms with Crippen molar-refractivity contribution in [2.75, 3.05) is 26.3 Å². The number of benzene rings is 2. The number of nitrogens with one attached hydrogen (secondary N) is 1. The Balaban J connectivity index is 1.38. The molecule has 0 unspecified atom stereocenters. The molecule has 1 atom stereocenters. The Hall–Kier alpha value is -2.58. The van der Waals surface area contributed by atoms with E-state index >= 15 is 0 Å². The summed E-state index contributed by atoms with van der Waals surface area (Å²) in [5.74, 6) is 0.848. The molecule has 1 amide bonds. The molecule has 0 aromatic heterocycles. The van der Waals surface area contributed by atoms with Crippen molar-refractivity contribution in [3.63, 3.8) is 0 Å². The third-order valence-electron chi connectivity index (χ3n) is 6.28. The smallest absolute Gasteiger partial charge is 0.243 e. The number of nitrogens with zero attached hydrogens (tertiary/aromatic N) is 1. The van der Waals surface area contributed by atoms with Gasteiger partial charge in [-0.1, -0.05) is 43.7 Å². The minimum atomic E-state index is -3.67. The molecule has 8 heteroatoms. The van der Waals surface area contributed by atoms with Crippen LogP contribution in [0.5, 0.6) is 11.5 Å². The molecular weight excluding hydrogens is 440 g/mol. The Morgan fingerprint density at radius 3 is 2.45 bits per heavy atom. The fraction of sp³-hybridized carbons (Fsp3) is 0.480. The van der Waals surface area contributed by atoms with Crippen LogP contribution < -0.4 is 14.8 Å². The predicted octanol–water partition coefficient (Wildman–Crippen LogP) is 3.91. The number of ether oxygens (including phenoxy) is 2. The molecule has 33 heavy (non-hydrogen) atoms. The van der Waals surface area contributed by atoms with E-state index in [0.717, 1.165) is 24.8 Å². The highest BCUT2D eigenvalue weighted by atomic mass is 32.2. The van der Waals surface area contributed by atoms with Crippen molar-refractivity contribution < 1.29 is 22.7 Å². The van der Waals surface area contributed by atoms with E-state index in [-0.39, 0.29) is 22.8 Å². The van der Waals surface area contributed by atoms with Crippen molar-refractivity contribution in [3.05, 3.63) is 54.1 Å². The van der Waals surface area contributed by atoms with E-state index in [2.05, 4.69) is 12.2 Å². The van der Waals surface area contributed by atoms with Gasteiger partial charge in [-0.2, -0.15) is 4.31 Å². The molecule has 0 bridgehead atoms. The van der Waals surface area contributed by atoms with E-state index in [9.17, 15) is 13.2 Å². The first kappa shape index (κ1) is 23.6. The average Bonchev–Trinajstić information content (AvgIpc) is 3.09.